The Morgan fingerprint density at radius 1 is 0.684 bits per heavy atom. The zero-order valence-corrected chi connectivity index (χ0v) is 10.5. The summed E-state index contributed by atoms with van der Waals surface area (Å²) < 4.78 is 5.40. The molecule has 1 heterocycles. The Bertz CT molecular complexity index is 563. The molecule has 0 aliphatic rings. The Balaban J connectivity index is 1.96. The summed E-state index contributed by atoms with van der Waals surface area (Å²) in [7, 11) is 0. The van der Waals surface area contributed by atoms with Gasteiger partial charge in [0.1, 0.15) is 0 Å². The molecule has 0 saturated heterocycles. The van der Waals surface area contributed by atoms with Crippen LogP contribution in [0.3, 0.4) is 0 Å². The molecule has 0 aliphatic carbocycles. The largest absolute Gasteiger partial charge is 0.449 e. The zero-order chi connectivity index (χ0) is 12.9. The van der Waals surface area contributed by atoms with Crippen LogP contribution in [0.15, 0.2) is 83.5 Å². The molecule has 0 saturated carbocycles. The Labute approximate surface area is 112 Å². The topological polar surface area (TPSA) is 25.2 Å². The predicted molar refractivity (Wildman–Crippen MR) is 77.1 cm³/mol. The van der Waals surface area contributed by atoms with Gasteiger partial charge in [0, 0.05) is 6.07 Å². The summed E-state index contributed by atoms with van der Waals surface area (Å²) in [6.45, 7) is 0. The lowest BCUT2D eigenvalue weighted by Crippen LogP contribution is -2.11. The first-order chi connectivity index (χ1) is 9.43. The highest BCUT2D eigenvalue weighted by Crippen LogP contribution is 2.26. The van der Waals surface area contributed by atoms with E-state index in [1.165, 1.54) is 11.1 Å². The van der Waals surface area contributed by atoms with Gasteiger partial charge < -0.3 is 9.73 Å². The SMILES string of the molecule is c1ccc(C(Nc2ccco2)c2ccccc2)cc1. The fourth-order valence-corrected chi connectivity index (χ4v) is 2.15. The lowest BCUT2D eigenvalue weighted by Gasteiger charge is -2.19. The maximum atomic E-state index is 5.40. The van der Waals surface area contributed by atoms with Gasteiger partial charge in [0.25, 0.3) is 0 Å². The van der Waals surface area contributed by atoms with Crippen molar-refractivity contribution in [2.24, 2.45) is 0 Å². The first-order valence-electron chi connectivity index (χ1n) is 6.33. The molecular formula is C17H15NO. The number of hydrogen-bond donors (Lipinski definition) is 1. The molecule has 1 N–H and O–H groups in total. The minimum Gasteiger partial charge on any atom is -0.449 e. The highest BCUT2D eigenvalue weighted by Gasteiger charge is 2.14. The van der Waals surface area contributed by atoms with E-state index >= 15 is 0 Å². The Kier molecular flexibility index (Phi) is 3.32. The van der Waals surface area contributed by atoms with Crippen LogP contribution in [0.4, 0.5) is 5.88 Å². The van der Waals surface area contributed by atoms with Crippen LogP contribution in [0.25, 0.3) is 0 Å². The van der Waals surface area contributed by atoms with Crippen molar-refractivity contribution in [3.63, 3.8) is 0 Å². The fourth-order valence-electron chi connectivity index (χ4n) is 2.15. The lowest BCUT2D eigenvalue weighted by atomic mass is 9.99. The first kappa shape index (κ1) is 11.6. The van der Waals surface area contributed by atoms with Crippen LogP contribution in [0.5, 0.6) is 0 Å². The molecule has 2 nitrogen and oxygen atoms in total. The highest BCUT2D eigenvalue weighted by atomic mass is 16.3. The number of anilines is 1. The third-order valence-electron chi connectivity index (χ3n) is 3.07. The van der Waals surface area contributed by atoms with Gasteiger partial charge in [-0.25, -0.2) is 0 Å². The number of hydrogen-bond acceptors (Lipinski definition) is 2. The average molecular weight is 249 g/mol. The average Bonchev–Trinajstić information content (AvgIpc) is 3.00. The van der Waals surface area contributed by atoms with Gasteiger partial charge in [-0.15, -0.1) is 0 Å². The van der Waals surface area contributed by atoms with Crippen LogP contribution in [-0.4, -0.2) is 0 Å². The molecule has 19 heavy (non-hydrogen) atoms. The summed E-state index contributed by atoms with van der Waals surface area (Å²) in [6, 6.07) is 24.6. The lowest BCUT2D eigenvalue weighted by molar-refractivity contribution is 0.574. The second kappa shape index (κ2) is 5.44. The molecule has 2 aromatic carbocycles. The number of nitrogens with one attached hydrogen (secondary N) is 1. The zero-order valence-electron chi connectivity index (χ0n) is 10.5. The molecule has 0 unspecified atom stereocenters. The van der Waals surface area contributed by atoms with Crippen LogP contribution < -0.4 is 5.32 Å². The first-order valence-corrected chi connectivity index (χ1v) is 6.33. The Morgan fingerprint density at radius 2 is 1.26 bits per heavy atom. The molecule has 94 valence electrons. The van der Waals surface area contributed by atoms with Crippen LogP contribution in [0, 0.1) is 0 Å². The summed E-state index contributed by atoms with van der Waals surface area (Å²) in [5.41, 5.74) is 2.43. The standard InChI is InChI=1S/C17H15NO/c1-3-8-14(9-4-1)17(15-10-5-2-6-11-15)18-16-12-7-13-19-16/h1-13,17-18H. The van der Waals surface area contributed by atoms with Crippen molar-refractivity contribution in [1.29, 1.82) is 0 Å². The third-order valence-corrected chi connectivity index (χ3v) is 3.07. The minimum atomic E-state index is 0.0912. The molecule has 0 fully saturated rings. The maximum absolute atomic E-state index is 5.40. The van der Waals surface area contributed by atoms with Crippen molar-refractivity contribution in [3.05, 3.63) is 90.2 Å². The van der Waals surface area contributed by atoms with E-state index in [0.29, 0.717) is 0 Å². The second-order valence-corrected chi connectivity index (χ2v) is 4.38. The van der Waals surface area contributed by atoms with Crippen molar-refractivity contribution < 1.29 is 4.42 Å². The molecule has 0 spiro atoms. The van der Waals surface area contributed by atoms with Gasteiger partial charge in [0.2, 0.25) is 0 Å². The normalized spacial score (nSPS) is 10.6. The maximum Gasteiger partial charge on any atom is 0.193 e. The van der Waals surface area contributed by atoms with Gasteiger partial charge in [-0.05, 0) is 17.2 Å². The summed E-state index contributed by atoms with van der Waals surface area (Å²) in [5.74, 6) is 0.776. The molecule has 0 aliphatic heterocycles. The molecule has 0 radical (unpaired) electrons. The number of benzene rings is 2. The van der Waals surface area contributed by atoms with Gasteiger partial charge in [-0.3, -0.25) is 0 Å². The summed E-state index contributed by atoms with van der Waals surface area (Å²) in [6.07, 6.45) is 1.68. The third kappa shape index (κ3) is 2.68. The molecular weight excluding hydrogens is 234 g/mol. The van der Waals surface area contributed by atoms with E-state index in [1.807, 2.05) is 24.3 Å². The van der Waals surface area contributed by atoms with Crippen molar-refractivity contribution in [1.82, 2.24) is 0 Å². The molecule has 1 aromatic heterocycles. The van der Waals surface area contributed by atoms with E-state index in [4.69, 9.17) is 4.42 Å². The van der Waals surface area contributed by atoms with E-state index in [0.717, 1.165) is 5.88 Å². The number of furan rings is 1. The summed E-state index contributed by atoms with van der Waals surface area (Å²) >= 11 is 0. The molecule has 2 heteroatoms. The molecule has 3 aromatic rings. The van der Waals surface area contributed by atoms with E-state index in [2.05, 4.69) is 53.8 Å². The van der Waals surface area contributed by atoms with Crippen molar-refractivity contribution in [2.75, 3.05) is 5.32 Å². The van der Waals surface area contributed by atoms with Crippen molar-refractivity contribution in [2.45, 2.75) is 6.04 Å². The van der Waals surface area contributed by atoms with Gasteiger partial charge >= 0.3 is 0 Å². The van der Waals surface area contributed by atoms with Crippen LogP contribution >= 0.6 is 0 Å². The minimum absolute atomic E-state index is 0.0912. The predicted octanol–water partition coefficient (Wildman–Crippen LogP) is 4.48. The summed E-state index contributed by atoms with van der Waals surface area (Å²) in [4.78, 5) is 0. The van der Waals surface area contributed by atoms with Gasteiger partial charge in [-0.1, -0.05) is 60.7 Å². The van der Waals surface area contributed by atoms with E-state index in [1.54, 1.807) is 6.26 Å². The van der Waals surface area contributed by atoms with Crippen LogP contribution in [0.2, 0.25) is 0 Å². The van der Waals surface area contributed by atoms with Crippen LogP contribution in [0.1, 0.15) is 17.2 Å². The molecule has 0 bridgehead atoms. The number of rotatable bonds is 4. The van der Waals surface area contributed by atoms with Crippen LogP contribution in [-0.2, 0) is 0 Å². The second-order valence-electron chi connectivity index (χ2n) is 4.38. The smallest absolute Gasteiger partial charge is 0.193 e. The Hall–Kier alpha value is -2.48. The monoisotopic (exact) mass is 249 g/mol. The van der Waals surface area contributed by atoms with Crippen molar-refractivity contribution >= 4 is 5.88 Å². The summed E-state index contributed by atoms with van der Waals surface area (Å²) in [5, 5.41) is 3.42. The van der Waals surface area contributed by atoms with E-state index in [-0.39, 0.29) is 6.04 Å². The van der Waals surface area contributed by atoms with E-state index < -0.39 is 0 Å². The molecule has 3 rings (SSSR count). The van der Waals surface area contributed by atoms with Crippen molar-refractivity contribution in [3.8, 4) is 0 Å². The molecule has 0 atom stereocenters. The van der Waals surface area contributed by atoms with Gasteiger partial charge in [0.05, 0.1) is 12.3 Å². The van der Waals surface area contributed by atoms with E-state index in [9.17, 15) is 0 Å². The quantitative estimate of drug-likeness (QED) is 0.737. The highest BCUT2D eigenvalue weighted by molar-refractivity contribution is 5.42. The Morgan fingerprint density at radius 3 is 1.74 bits per heavy atom. The fraction of sp³-hybridized carbons (Fsp3) is 0.0588. The van der Waals surface area contributed by atoms with Gasteiger partial charge in [-0.2, -0.15) is 0 Å². The van der Waals surface area contributed by atoms with Gasteiger partial charge in [0.15, 0.2) is 5.88 Å². The molecule has 0 amide bonds.